The SMILES string of the molecule is CC(=O)Nc1cccc(NC(=O)CCNS(=O)(=O)c2ccc(C(C)(C)C)cc2)c1. The summed E-state index contributed by atoms with van der Waals surface area (Å²) >= 11 is 0. The summed E-state index contributed by atoms with van der Waals surface area (Å²) in [6.07, 6.45) is -0.0241. The summed E-state index contributed by atoms with van der Waals surface area (Å²) in [6.45, 7) is 7.53. The molecule has 3 N–H and O–H groups in total. The predicted octanol–water partition coefficient (Wildman–Crippen LogP) is 3.25. The summed E-state index contributed by atoms with van der Waals surface area (Å²) in [7, 11) is -3.69. The van der Waals surface area contributed by atoms with Gasteiger partial charge in [-0.15, -0.1) is 0 Å². The minimum atomic E-state index is -3.69. The van der Waals surface area contributed by atoms with Gasteiger partial charge in [-0.2, -0.15) is 0 Å². The molecule has 156 valence electrons. The van der Waals surface area contributed by atoms with Crippen LogP contribution in [0.3, 0.4) is 0 Å². The fraction of sp³-hybridized carbons (Fsp3) is 0.333. The third-order valence-corrected chi connectivity index (χ3v) is 5.62. The molecule has 2 aromatic rings. The summed E-state index contributed by atoms with van der Waals surface area (Å²) in [5.41, 5.74) is 2.05. The van der Waals surface area contributed by atoms with E-state index in [2.05, 4.69) is 36.1 Å². The number of hydrogen-bond donors (Lipinski definition) is 3. The first-order valence-corrected chi connectivity index (χ1v) is 10.7. The molecule has 29 heavy (non-hydrogen) atoms. The van der Waals surface area contributed by atoms with E-state index in [0.717, 1.165) is 5.56 Å². The van der Waals surface area contributed by atoms with Gasteiger partial charge in [0, 0.05) is 31.3 Å². The van der Waals surface area contributed by atoms with Crippen LogP contribution in [0.25, 0.3) is 0 Å². The van der Waals surface area contributed by atoms with Crippen LogP contribution in [0.1, 0.15) is 39.7 Å². The number of carbonyl (C=O) groups is 2. The Morgan fingerprint density at radius 3 is 2.07 bits per heavy atom. The van der Waals surface area contributed by atoms with Crippen molar-refractivity contribution < 1.29 is 18.0 Å². The minimum Gasteiger partial charge on any atom is -0.326 e. The van der Waals surface area contributed by atoms with E-state index in [1.54, 1.807) is 48.5 Å². The molecular formula is C21H27N3O4S. The lowest BCUT2D eigenvalue weighted by Crippen LogP contribution is -2.28. The molecule has 0 bridgehead atoms. The molecule has 0 saturated heterocycles. The molecule has 0 aromatic heterocycles. The van der Waals surface area contributed by atoms with Gasteiger partial charge in [-0.1, -0.05) is 39.0 Å². The van der Waals surface area contributed by atoms with E-state index in [-0.39, 0.29) is 35.1 Å². The highest BCUT2D eigenvalue weighted by molar-refractivity contribution is 7.89. The highest BCUT2D eigenvalue weighted by Crippen LogP contribution is 2.23. The van der Waals surface area contributed by atoms with Crippen molar-refractivity contribution in [2.24, 2.45) is 0 Å². The molecule has 0 aliphatic carbocycles. The van der Waals surface area contributed by atoms with Gasteiger partial charge in [-0.25, -0.2) is 13.1 Å². The molecule has 7 nitrogen and oxygen atoms in total. The first-order chi connectivity index (χ1) is 13.5. The van der Waals surface area contributed by atoms with E-state index >= 15 is 0 Å². The molecule has 0 atom stereocenters. The molecule has 2 aromatic carbocycles. The Morgan fingerprint density at radius 2 is 1.52 bits per heavy atom. The summed E-state index contributed by atoms with van der Waals surface area (Å²) < 4.78 is 27.2. The molecule has 0 fully saturated rings. The molecule has 0 aliphatic rings. The summed E-state index contributed by atoms with van der Waals surface area (Å²) in [4.78, 5) is 23.4. The molecule has 0 radical (unpaired) electrons. The van der Waals surface area contributed by atoms with Crippen molar-refractivity contribution in [3.63, 3.8) is 0 Å². The average molecular weight is 418 g/mol. The van der Waals surface area contributed by atoms with Gasteiger partial charge in [0.1, 0.15) is 0 Å². The molecule has 8 heteroatoms. The van der Waals surface area contributed by atoms with Crippen LogP contribution in [0.4, 0.5) is 11.4 Å². The molecule has 0 heterocycles. The highest BCUT2D eigenvalue weighted by atomic mass is 32.2. The Labute approximate surface area is 172 Å². The number of benzene rings is 2. The van der Waals surface area contributed by atoms with Gasteiger partial charge >= 0.3 is 0 Å². The standard InChI is InChI=1S/C21H27N3O4S/c1-15(25)23-17-6-5-7-18(14-17)24-20(26)12-13-22-29(27,28)19-10-8-16(9-11-19)21(2,3)4/h5-11,14,22H,12-13H2,1-4H3,(H,23,25)(H,24,26). The summed E-state index contributed by atoms with van der Waals surface area (Å²) in [5.74, 6) is -0.547. The third kappa shape index (κ3) is 6.99. The fourth-order valence-corrected chi connectivity index (χ4v) is 3.65. The van der Waals surface area contributed by atoms with E-state index in [4.69, 9.17) is 0 Å². The first-order valence-electron chi connectivity index (χ1n) is 9.25. The molecule has 0 saturated carbocycles. The van der Waals surface area contributed by atoms with Crippen LogP contribution in [0, 0.1) is 0 Å². The number of sulfonamides is 1. The van der Waals surface area contributed by atoms with E-state index in [0.29, 0.717) is 11.4 Å². The Bertz CT molecular complexity index is 978. The highest BCUT2D eigenvalue weighted by Gasteiger charge is 2.17. The maximum absolute atomic E-state index is 12.4. The van der Waals surface area contributed by atoms with Crippen molar-refractivity contribution in [1.29, 1.82) is 0 Å². The van der Waals surface area contributed by atoms with Crippen LogP contribution in [0.2, 0.25) is 0 Å². The van der Waals surface area contributed by atoms with Crippen LogP contribution in [0.5, 0.6) is 0 Å². The number of amides is 2. The van der Waals surface area contributed by atoms with Gasteiger partial charge < -0.3 is 10.6 Å². The lowest BCUT2D eigenvalue weighted by molar-refractivity contribution is -0.116. The Kier molecular flexibility index (Phi) is 7.16. The van der Waals surface area contributed by atoms with Crippen molar-refractivity contribution >= 4 is 33.2 Å². The van der Waals surface area contributed by atoms with Crippen molar-refractivity contribution in [3.8, 4) is 0 Å². The van der Waals surface area contributed by atoms with Crippen LogP contribution < -0.4 is 15.4 Å². The minimum absolute atomic E-state index is 0.0241. The second kappa shape index (κ2) is 9.19. The van der Waals surface area contributed by atoms with Gasteiger partial charge in [0.25, 0.3) is 0 Å². The Morgan fingerprint density at radius 1 is 0.931 bits per heavy atom. The first kappa shape index (κ1) is 22.6. The quantitative estimate of drug-likeness (QED) is 0.643. The lowest BCUT2D eigenvalue weighted by atomic mass is 9.87. The van der Waals surface area contributed by atoms with Gasteiger partial charge in [-0.05, 0) is 41.3 Å². The second-order valence-corrected chi connectivity index (χ2v) is 9.50. The Hall–Kier alpha value is -2.71. The van der Waals surface area contributed by atoms with Gasteiger partial charge in [-0.3, -0.25) is 9.59 Å². The van der Waals surface area contributed by atoms with Crippen molar-refractivity contribution in [2.45, 2.75) is 44.4 Å². The molecular weight excluding hydrogens is 390 g/mol. The normalized spacial score (nSPS) is 11.7. The topological polar surface area (TPSA) is 104 Å². The van der Waals surface area contributed by atoms with Crippen LogP contribution in [-0.2, 0) is 25.0 Å². The maximum Gasteiger partial charge on any atom is 0.240 e. The van der Waals surface area contributed by atoms with Crippen LogP contribution >= 0.6 is 0 Å². The van der Waals surface area contributed by atoms with Crippen molar-refractivity contribution in [1.82, 2.24) is 4.72 Å². The lowest BCUT2D eigenvalue weighted by Gasteiger charge is -2.19. The zero-order valence-corrected chi connectivity index (χ0v) is 17.9. The number of carbonyl (C=O) groups excluding carboxylic acids is 2. The summed E-state index contributed by atoms with van der Waals surface area (Å²) in [6, 6.07) is 13.4. The summed E-state index contributed by atoms with van der Waals surface area (Å²) in [5, 5.41) is 5.31. The average Bonchev–Trinajstić information content (AvgIpc) is 2.60. The van der Waals surface area contributed by atoms with Crippen molar-refractivity contribution in [3.05, 3.63) is 54.1 Å². The molecule has 0 aliphatic heterocycles. The van der Waals surface area contributed by atoms with Gasteiger partial charge in [0.15, 0.2) is 0 Å². The molecule has 0 spiro atoms. The van der Waals surface area contributed by atoms with Crippen LogP contribution in [-0.4, -0.2) is 26.8 Å². The second-order valence-electron chi connectivity index (χ2n) is 7.73. The molecule has 0 unspecified atom stereocenters. The number of hydrogen-bond acceptors (Lipinski definition) is 4. The number of nitrogens with one attached hydrogen (secondary N) is 3. The third-order valence-electron chi connectivity index (χ3n) is 4.14. The smallest absolute Gasteiger partial charge is 0.240 e. The van der Waals surface area contributed by atoms with E-state index in [9.17, 15) is 18.0 Å². The largest absolute Gasteiger partial charge is 0.326 e. The number of anilines is 2. The maximum atomic E-state index is 12.4. The zero-order valence-electron chi connectivity index (χ0n) is 17.1. The Balaban J connectivity index is 1.90. The monoisotopic (exact) mass is 417 g/mol. The van der Waals surface area contributed by atoms with E-state index < -0.39 is 10.0 Å². The number of rotatable bonds is 7. The molecule has 2 rings (SSSR count). The molecule has 2 amide bonds. The van der Waals surface area contributed by atoms with E-state index in [1.807, 2.05) is 0 Å². The fourth-order valence-electron chi connectivity index (χ4n) is 2.62. The van der Waals surface area contributed by atoms with E-state index in [1.165, 1.54) is 6.92 Å². The van der Waals surface area contributed by atoms with Crippen molar-refractivity contribution in [2.75, 3.05) is 17.2 Å². The van der Waals surface area contributed by atoms with Gasteiger partial charge in [0.2, 0.25) is 21.8 Å². The van der Waals surface area contributed by atoms with Crippen LogP contribution in [0.15, 0.2) is 53.4 Å². The zero-order chi connectivity index (χ0) is 21.7. The predicted molar refractivity (Wildman–Crippen MR) is 114 cm³/mol. The van der Waals surface area contributed by atoms with Gasteiger partial charge in [0.05, 0.1) is 4.90 Å².